The van der Waals surface area contributed by atoms with E-state index in [1.165, 1.54) is 51.6 Å². The van der Waals surface area contributed by atoms with Gasteiger partial charge in [0.1, 0.15) is 0 Å². The molecule has 0 spiro atoms. The van der Waals surface area contributed by atoms with Crippen molar-refractivity contribution < 1.29 is 0 Å². The zero-order valence-electron chi connectivity index (χ0n) is 10.3. The van der Waals surface area contributed by atoms with Gasteiger partial charge >= 0.3 is 0 Å². The predicted octanol–water partition coefficient (Wildman–Crippen LogP) is 3.69. The Morgan fingerprint density at radius 2 is 1.71 bits per heavy atom. The molecule has 1 heterocycles. The Bertz CT molecular complexity index is 138. The van der Waals surface area contributed by atoms with Crippen molar-refractivity contribution in [2.75, 3.05) is 13.1 Å². The minimum atomic E-state index is 0.814. The highest BCUT2D eigenvalue weighted by molar-refractivity contribution is 4.76. The van der Waals surface area contributed by atoms with Crippen LogP contribution >= 0.6 is 0 Å². The SMILES string of the molecule is CCCCCC(C)C(C)N1CCCC1. The van der Waals surface area contributed by atoms with Gasteiger partial charge in [0.15, 0.2) is 0 Å². The van der Waals surface area contributed by atoms with Crippen LogP contribution in [-0.4, -0.2) is 24.0 Å². The second-order valence-electron chi connectivity index (χ2n) is 4.96. The maximum absolute atomic E-state index is 2.68. The smallest absolute Gasteiger partial charge is 0.00925 e. The lowest BCUT2D eigenvalue weighted by Gasteiger charge is -2.29. The van der Waals surface area contributed by atoms with Gasteiger partial charge in [-0.25, -0.2) is 0 Å². The van der Waals surface area contributed by atoms with Crippen LogP contribution in [-0.2, 0) is 0 Å². The maximum atomic E-state index is 2.68. The van der Waals surface area contributed by atoms with E-state index in [0.29, 0.717) is 0 Å². The third-order valence-corrected chi connectivity index (χ3v) is 3.80. The molecule has 1 aliphatic rings. The number of nitrogens with zero attached hydrogens (tertiary/aromatic N) is 1. The molecule has 1 nitrogen and oxygen atoms in total. The molecule has 0 N–H and O–H groups in total. The van der Waals surface area contributed by atoms with E-state index in [2.05, 4.69) is 25.7 Å². The molecule has 0 saturated carbocycles. The Labute approximate surface area is 89.9 Å². The van der Waals surface area contributed by atoms with Crippen molar-refractivity contribution in [3.05, 3.63) is 0 Å². The van der Waals surface area contributed by atoms with Crippen LogP contribution in [0.5, 0.6) is 0 Å². The summed E-state index contributed by atoms with van der Waals surface area (Å²) in [6.45, 7) is 9.83. The summed E-state index contributed by atoms with van der Waals surface area (Å²) in [5.74, 6) is 0.889. The number of hydrogen-bond acceptors (Lipinski definition) is 1. The third-order valence-electron chi connectivity index (χ3n) is 3.80. The van der Waals surface area contributed by atoms with E-state index in [1.54, 1.807) is 0 Å². The molecule has 0 bridgehead atoms. The lowest BCUT2D eigenvalue weighted by Crippen LogP contribution is -2.35. The van der Waals surface area contributed by atoms with E-state index < -0.39 is 0 Å². The molecule has 14 heavy (non-hydrogen) atoms. The summed E-state index contributed by atoms with van der Waals surface area (Å²) in [4.78, 5) is 2.68. The van der Waals surface area contributed by atoms with Gasteiger partial charge in [0.05, 0.1) is 0 Å². The molecule has 0 amide bonds. The first-order valence-electron chi connectivity index (χ1n) is 6.49. The predicted molar refractivity (Wildman–Crippen MR) is 63.6 cm³/mol. The van der Waals surface area contributed by atoms with Gasteiger partial charge < -0.3 is 4.90 Å². The van der Waals surface area contributed by atoms with Crippen LogP contribution in [0.25, 0.3) is 0 Å². The lowest BCUT2D eigenvalue weighted by atomic mass is 9.95. The minimum absolute atomic E-state index is 0.814. The standard InChI is InChI=1S/C13H27N/c1-4-5-6-9-12(2)13(3)14-10-7-8-11-14/h12-13H,4-11H2,1-3H3. The fourth-order valence-electron chi connectivity index (χ4n) is 2.47. The Hall–Kier alpha value is -0.0400. The highest BCUT2D eigenvalue weighted by atomic mass is 15.2. The zero-order valence-corrected chi connectivity index (χ0v) is 10.3. The van der Waals surface area contributed by atoms with Crippen LogP contribution in [0.15, 0.2) is 0 Å². The Morgan fingerprint density at radius 3 is 2.29 bits per heavy atom. The number of rotatable bonds is 6. The van der Waals surface area contributed by atoms with Crippen LogP contribution in [0.1, 0.15) is 59.3 Å². The van der Waals surface area contributed by atoms with E-state index in [0.717, 1.165) is 12.0 Å². The number of unbranched alkanes of at least 4 members (excludes halogenated alkanes) is 2. The maximum Gasteiger partial charge on any atom is 0.00925 e. The summed E-state index contributed by atoms with van der Waals surface area (Å²) in [5.41, 5.74) is 0. The molecule has 2 unspecified atom stereocenters. The lowest BCUT2D eigenvalue weighted by molar-refractivity contribution is 0.189. The molecule has 2 atom stereocenters. The molecule has 0 radical (unpaired) electrons. The van der Waals surface area contributed by atoms with Crippen LogP contribution in [0.3, 0.4) is 0 Å². The van der Waals surface area contributed by atoms with Crippen molar-refractivity contribution in [3.8, 4) is 0 Å². The molecule has 1 aliphatic heterocycles. The Balaban J connectivity index is 2.17. The summed E-state index contributed by atoms with van der Waals surface area (Å²) in [5, 5.41) is 0. The number of hydrogen-bond donors (Lipinski definition) is 0. The van der Waals surface area contributed by atoms with Crippen molar-refractivity contribution in [1.29, 1.82) is 0 Å². The minimum Gasteiger partial charge on any atom is -0.300 e. The van der Waals surface area contributed by atoms with Gasteiger partial charge in [-0.05, 0) is 45.2 Å². The average molecular weight is 197 g/mol. The van der Waals surface area contributed by atoms with Crippen LogP contribution in [0.4, 0.5) is 0 Å². The van der Waals surface area contributed by atoms with E-state index in [9.17, 15) is 0 Å². The molecular formula is C13H27N. The molecule has 1 fully saturated rings. The largest absolute Gasteiger partial charge is 0.300 e. The third kappa shape index (κ3) is 3.61. The Kier molecular flexibility index (Phi) is 5.54. The van der Waals surface area contributed by atoms with Crippen molar-refractivity contribution in [2.24, 2.45) is 5.92 Å². The van der Waals surface area contributed by atoms with E-state index in [1.807, 2.05) is 0 Å². The summed E-state index contributed by atoms with van der Waals surface area (Å²) in [7, 11) is 0. The van der Waals surface area contributed by atoms with Crippen LogP contribution < -0.4 is 0 Å². The van der Waals surface area contributed by atoms with E-state index >= 15 is 0 Å². The van der Waals surface area contributed by atoms with Crippen molar-refractivity contribution in [3.63, 3.8) is 0 Å². The monoisotopic (exact) mass is 197 g/mol. The zero-order chi connectivity index (χ0) is 10.4. The number of likely N-dealkylation sites (tertiary alicyclic amines) is 1. The van der Waals surface area contributed by atoms with E-state index in [-0.39, 0.29) is 0 Å². The highest BCUT2D eigenvalue weighted by Gasteiger charge is 2.22. The molecule has 0 aliphatic carbocycles. The van der Waals surface area contributed by atoms with Crippen LogP contribution in [0.2, 0.25) is 0 Å². The quantitative estimate of drug-likeness (QED) is 0.587. The Morgan fingerprint density at radius 1 is 1.07 bits per heavy atom. The highest BCUT2D eigenvalue weighted by Crippen LogP contribution is 2.21. The molecule has 1 heteroatoms. The fourth-order valence-corrected chi connectivity index (χ4v) is 2.47. The average Bonchev–Trinajstić information content (AvgIpc) is 2.69. The first-order valence-corrected chi connectivity index (χ1v) is 6.49. The van der Waals surface area contributed by atoms with Gasteiger partial charge in [0.2, 0.25) is 0 Å². The summed E-state index contributed by atoms with van der Waals surface area (Å²) >= 11 is 0. The summed E-state index contributed by atoms with van der Waals surface area (Å²) < 4.78 is 0. The second kappa shape index (κ2) is 6.44. The van der Waals surface area contributed by atoms with Gasteiger partial charge in [-0.3, -0.25) is 0 Å². The molecule has 0 aromatic heterocycles. The fraction of sp³-hybridized carbons (Fsp3) is 1.00. The van der Waals surface area contributed by atoms with Crippen LogP contribution in [0, 0.1) is 5.92 Å². The van der Waals surface area contributed by atoms with Crippen molar-refractivity contribution in [2.45, 2.75) is 65.3 Å². The van der Waals surface area contributed by atoms with Crippen molar-refractivity contribution >= 4 is 0 Å². The van der Waals surface area contributed by atoms with E-state index in [4.69, 9.17) is 0 Å². The van der Waals surface area contributed by atoms with Gasteiger partial charge in [0.25, 0.3) is 0 Å². The molecular weight excluding hydrogens is 170 g/mol. The first kappa shape index (κ1) is 12.0. The topological polar surface area (TPSA) is 3.24 Å². The first-order chi connectivity index (χ1) is 6.75. The molecule has 84 valence electrons. The molecule has 1 rings (SSSR count). The van der Waals surface area contributed by atoms with Gasteiger partial charge in [-0.15, -0.1) is 0 Å². The van der Waals surface area contributed by atoms with Gasteiger partial charge in [0, 0.05) is 6.04 Å². The summed E-state index contributed by atoms with van der Waals surface area (Å²) in [6.07, 6.45) is 8.46. The molecule has 0 aromatic carbocycles. The molecule has 1 saturated heterocycles. The second-order valence-corrected chi connectivity index (χ2v) is 4.96. The van der Waals surface area contributed by atoms with Crippen molar-refractivity contribution in [1.82, 2.24) is 4.90 Å². The van der Waals surface area contributed by atoms with Gasteiger partial charge in [-0.2, -0.15) is 0 Å². The van der Waals surface area contributed by atoms with Gasteiger partial charge in [-0.1, -0.05) is 33.1 Å². The normalized spacial score (nSPS) is 22.5. The molecule has 0 aromatic rings. The summed E-state index contributed by atoms with van der Waals surface area (Å²) in [6, 6.07) is 0.814.